The summed E-state index contributed by atoms with van der Waals surface area (Å²) >= 11 is 0. The molecule has 0 aliphatic carbocycles. The highest BCUT2D eigenvalue weighted by molar-refractivity contribution is 5.80. The highest BCUT2D eigenvalue weighted by Crippen LogP contribution is 2.20. The molecule has 19 heavy (non-hydrogen) atoms. The molecule has 1 aliphatic heterocycles. The summed E-state index contributed by atoms with van der Waals surface area (Å²) in [6.45, 7) is 2.82. The molecule has 1 fully saturated rings. The number of para-hydroxylation sites is 2. The molecule has 2 unspecified atom stereocenters. The zero-order valence-electron chi connectivity index (χ0n) is 11.1. The van der Waals surface area contributed by atoms with Crippen molar-refractivity contribution in [1.29, 1.82) is 0 Å². The number of ether oxygens (including phenoxy) is 2. The van der Waals surface area contributed by atoms with Gasteiger partial charge in [-0.05, 0) is 31.9 Å². The third kappa shape index (κ3) is 3.86. The molecule has 3 N–H and O–H groups in total. The maximum atomic E-state index is 11.8. The Bertz CT molecular complexity index is 436. The van der Waals surface area contributed by atoms with Crippen LogP contribution in [0.4, 0.5) is 5.69 Å². The second-order valence-electron chi connectivity index (χ2n) is 4.69. The topological polar surface area (TPSA) is 73.6 Å². The van der Waals surface area contributed by atoms with Crippen molar-refractivity contribution in [2.24, 2.45) is 0 Å². The van der Waals surface area contributed by atoms with Crippen LogP contribution < -0.4 is 15.8 Å². The maximum Gasteiger partial charge on any atom is 0.249 e. The van der Waals surface area contributed by atoms with Crippen LogP contribution in [0.2, 0.25) is 0 Å². The van der Waals surface area contributed by atoms with Crippen LogP contribution in [0.15, 0.2) is 24.3 Å². The highest BCUT2D eigenvalue weighted by Gasteiger charge is 2.27. The molecule has 1 heterocycles. The van der Waals surface area contributed by atoms with Crippen molar-refractivity contribution in [3.63, 3.8) is 0 Å². The minimum atomic E-state index is -0.309. The molecule has 1 aromatic rings. The number of benzene rings is 1. The first kappa shape index (κ1) is 13.7. The number of nitrogens with two attached hydrogens (primary N) is 1. The quantitative estimate of drug-likeness (QED) is 0.621. The largest absolute Gasteiger partial charge is 0.490 e. The number of amides is 1. The number of rotatable bonds is 5. The van der Waals surface area contributed by atoms with E-state index in [1.807, 2.05) is 19.1 Å². The van der Waals surface area contributed by atoms with Crippen LogP contribution in [-0.4, -0.2) is 31.3 Å². The first-order chi connectivity index (χ1) is 9.16. The Morgan fingerprint density at radius 3 is 2.95 bits per heavy atom. The lowest BCUT2D eigenvalue weighted by atomic mass is 10.2. The molecular formula is C14H20N2O3. The summed E-state index contributed by atoms with van der Waals surface area (Å²) < 4.78 is 11.0. The average Bonchev–Trinajstić information content (AvgIpc) is 2.83. The van der Waals surface area contributed by atoms with Crippen molar-refractivity contribution >= 4 is 11.6 Å². The van der Waals surface area contributed by atoms with Gasteiger partial charge in [-0.15, -0.1) is 0 Å². The van der Waals surface area contributed by atoms with E-state index in [1.54, 1.807) is 12.1 Å². The van der Waals surface area contributed by atoms with Crippen LogP contribution in [0.5, 0.6) is 5.75 Å². The van der Waals surface area contributed by atoms with Gasteiger partial charge >= 0.3 is 0 Å². The van der Waals surface area contributed by atoms with E-state index in [2.05, 4.69) is 5.32 Å². The van der Waals surface area contributed by atoms with Gasteiger partial charge in [0.15, 0.2) is 0 Å². The molecule has 2 rings (SSSR count). The summed E-state index contributed by atoms with van der Waals surface area (Å²) in [6, 6.07) is 7.29. The van der Waals surface area contributed by atoms with Crippen LogP contribution in [0.3, 0.4) is 0 Å². The van der Waals surface area contributed by atoms with Crippen molar-refractivity contribution in [3.8, 4) is 5.75 Å². The number of carbonyl (C=O) groups excluding carboxylic acids is 1. The van der Waals surface area contributed by atoms with Gasteiger partial charge in [0.2, 0.25) is 5.91 Å². The summed E-state index contributed by atoms with van der Waals surface area (Å²) in [5.41, 5.74) is 6.34. The van der Waals surface area contributed by atoms with Gasteiger partial charge in [0, 0.05) is 0 Å². The smallest absolute Gasteiger partial charge is 0.249 e. The minimum Gasteiger partial charge on any atom is -0.490 e. The van der Waals surface area contributed by atoms with E-state index < -0.39 is 0 Å². The second-order valence-corrected chi connectivity index (χ2v) is 4.69. The fourth-order valence-corrected chi connectivity index (χ4v) is 2.06. The molecule has 1 aliphatic rings. The first-order valence-electron chi connectivity index (χ1n) is 6.57. The summed E-state index contributed by atoms with van der Waals surface area (Å²) in [7, 11) is 0. The van der Waals surface area contributed by atoms with Crippen LogP contribution >= 0.6 is 0 Å². The van der Waals surface area contributed by atoms with E-state index in [-0.39, 0.29) is 18.1 Å². The molecule has 2 atom stereocenters. The lowest BCUT2D eigenvalue weighted by Crippen LogP contribution is -2.36. The van der Waals surface area contributed by atoms with Gasteiger partial charge in [-0.2, -0.15) is 0 Å². The molecule has 5 nitrogen and oxygen atoms in total. The van der Waals surface area contributed by atoms with Crippen molar-refractivity contribution in [2.45, 2.75) is 32.0 Å². The van der Waals surface area contributed by atoms with Crippen LogP contribution in [0, 0.1) is 0 Å². The predicted octanol–water partition coefficient (Wildman–Crippen LogP) is 1.33. The number of hydrogen-bond acceptors (Lipinski definition) is 4. The Morgan fingerprint density at radius 1 is 1.47 bits per heavy atom. The summed E-state index contributed by atoms with van der Waals surface area (Å²) in [6.07, 6.45) is 1.60. The molecule has 0 bridgehead atoms. The molecular weight excluding hydrogens is 244 g/mol. The monoisotopic (exact) mass is 264 g/mol. The first-order valence-corrected chi connectivity index (χ1v) is 6.57. The zero-order chi connectivity index (χ0) is 13.7. The minimum absolute atomic E-state index is 0.0611. The van der Waals surface area contributed by atoms with Crippen LogP contribution in [-0.2, 0) is 9.53 Å². The van der Waals surface area contributed by atoms with Crippen molar-refractivity contribution in [2.75, 3.05) is 18.9 Å². The van der Waals surface area contributed by atoms with Gasteiger partial charge in [-0.3, -0.25) is 4.79 Å². The lowest BCUT2D eigenvalue weighted by molar-refractivity contribution is -0.131. The van der Waals surface area contributed by atoms with E-state index >= 15 is 0 Å². The Balaban J connectivity index is 1.67. The number of hydrogen-bond donors (Lipinski definition) is 2. The zero-order valence-corrected chi connectivity index (χ0v) is 11.1. The molecule has 1 saturated heterocycles. The van der Waals surface area contributed by atoms with Crippen molar-refractivity contribution in [3.05, 3.63) is 24.3 Å². The van der Waals surface area contributed by atoms with E-state index in [4.69, 9.17) is 15.2 Å². The second kappa shape index (κ2) is 6.43. The van der Waals surface area contributed by atoms with Gasteiger partial charge < -0.3 is 20.5 Å². The van der Waals surface area contributed by atoms with Crippen molar-refractivity contribution < 1.29 is 14.3 Å². The number of anilines is 1. The Morgan fingerprint density at radius 2 is 2.26 bits per heavy atom. The van der Waals surface area contributed by atoms with Crippen LogP contribution in [0.1, 0.15) is 19.8 Å². The number of nitrogen functional groups attached to an aromatic ring is 1. The highest BCUT2D eigenvalue weighted by atomic mass is 16.5. The van der Waals surface area contributed by atoms with Gasteiger partial charge in [0.1, 0.15) is 18.5 Å². The maximum absolute atomic E-state index is 11.8. The SMILES string of the molecule is CC1CCC(C(=O)NCCOc2ccccc2N)O1. The summed E-state index contributed by atoms with van der Waals surface area (Å²) in [5, 5.41) is 2.81. The molecule has 0 radical (unpaired) electrons. The van der Waals surface area contributed by atoms with Gasteiger partial charge in [-0.25, -0.2) is 0 Å². The normalized spacial score (nSPS) is 22.2. The van der Waals surface area contributed by atoms with E-state index in [9.17, 15) is 4.79 Å². The molecule has 5 heteroatoms. The molecule has 0 saturated carbocycles. The third-order valence-electron chi connectivity index (χ3n) is 3.10. The summed E-state index contributed by atoms with van der Waals surface area (Å²) in [5.74, 6) is 0.580. The number of carbonyl (C=O) groups is 1. The number of nitrogens with one attached hydrogen (secondary N) is 1. The van der Waals surface area contributed by atoms with Crippen LogP contribution in [0.25, 0.3) is 0 Å². The van der Waals surface area contributed by atoms with E-state index in [0.29, 0.717) is 24.6 Å². The molecule has 1 amide bonds. The van der Waals surface area contributed by atoms with Gasteiger partial charge in [0.05, 0.1) is 18.3 Å². The Hall–Kier alpha value is -1.75. The standard InChI is InChI=1S/C14H20N2O3/c1-10-6-7-13(19-10)14(17)16-8-9-18-12-5-3-2-4-11(12)15/h2-5,10,13H,6-9,15H2,1H3,(H,16,17). The Labute approximate surface area is 113 Å². The average molecular weight is 264 g/mol. The summed E-state index contributed by atoms with van der Waals surface area (Å²) in [4.78, 5) is 11.8. The van der Waals surface area contributed by atoms with Gasteiger partial charge in [0.25, 0.3) is 0 Å². The fourth-order valence-electron chi connectivity index (χ4n) is 2.06. The van der Waals surface area contributed by atoms with Gasteiger partial charge in [-0.1, -0.05) is 12.1 Å². The predicted molar refractivity (Wildman–Crippen MR) is 72.9 cm³/mol. The molecule has 104 valence electrons. The lowest BCUT2D eigenvalue weighted by Gasteiger charge is -2.12. The Kier molecular flexibility index (Phi) is 4.63. The molecule has 1 aromatic carbocycles. The molecule has 0 aromatic heterocycles. The third-order valence-corrected chi connectivity index (χ3v) is 3.10. The van der Waals surface area contributed by atoms with E-state index in [1.165, 1.54) is 0 Å². The van der Waals surface area contributed by atoms with E-state index in [0.717, 1.165) is 12.8 Å². The molecule has 0 spiro atoms. The fraction of sp³-hybridized carbons (Fsp3) is 0.500. The van der Waals surface area contributed by atoms with Crippen molar-refractivity contribution in [1.82, 2.24) is 5.32 Å².